The molecule has 1 fully saturated rings. The molecule has 1 aliphatic rings. The minimum Gasteiger partial charge on any atom is -0.335 e. The highest BCUT2D eigenvalue weighted by Gasteiger charge is 2.25. The normalized spacial score (nSPS) is 25.5. The van der Waals surface area contributed by atoms with Crippen LogP contribution in [0.1, 0.15) is 24.2 Å². The molecule has 4 heteroatoms. The van der Waals surface area contributed by atoms with Crippen molar-refractivity contribution in [1.82, 2.24) is 15.2 Å². The Kier molecular flexibility index (Phi) is 3.19. The zero-order valence-corrected chi connectivity index (χ0v) is 9.68. The van der Waals surface area contributed by atoms with Crippen LogP contribution in [0, 0.1) is 0 Å². The second kappa shape index (κ2) is 4.61. The molecule has 2 unspecified atom stereocenters. The van der Waals surface area contributed by atoms with Crippen LogP contribution in [0.4, 0.5) is 0 Å². The maximum Gasteiger partial charge on any atom is 0.255 e. The van der Waals surface area contributed by atoms with E-state index in [1.807, 2.05) is 11.0 Å². The van der Waals surface area contributed by atoms with E-state index >= 15 is 0 Å². The second-order valence-corrected chi connectivity index (χ2v) is 4.42. The number of hydrogen-bond acceptors (Lipinski definition) is 3. The summed E-state index contributed by atoms with van der Waals surface area (Å²) in [5.74, 6) is 0.0771. The minimum absolute atomic E-state index is 0.0771. The monoisotopic (exact) mass is 219 g/mol. The van der Waals surface area contributed by atoms with Crippen molar-refractivity contribution >= 4 is 5.91 Å². The van der Waals surface area contributed by atoms with E-state index in [1.54, 1.807) is 18.5 Å². The number of carbonyl (C=O) groups excluding carboxylic acids is 1. The van der Waals surface area contributed by atoms with Gasteiger partial charge in [-0.25, -0.2) is 0 Å². The van der Waals surface area contributed by atoms with Crippen molar-refractivity contribution in [2.24, 2.45) is 0 Å². The summed E-state index contributed by atoms with van der Waals surface area (Å²) in [7, 11) is 0. The molecule has 0 aromatic carbocycles. The summed E-state index contributed by atoms with van der Waals surface area (Å²) in [6.07, 6.45) is 3.31. The molecule has 1 saturated heterocycles. The van der Waals surface area contributed by atoms with Crippen molar-refractivity contribution in [3.05, 3.63) is 30.1 Å². The molecule has 0 bridgehead atoms. The smallest absolute Gasteiger partial charge is 0.255 e. The highest BCUT2D eigenvalue weighted by molar-refractivity contribution is 5.94. The standard InChI is InChI=1S/C12H17N3O/c1-9-7-15(8-10(2)14-9)12(16)11-4-3-5-13-6-11/h3-6,9-10,14H,7-8H2,1-2H3. The molecule has 0 saturated carbocycles. The fourth-order valence-corrected chi connectivity index (χ4v) is 2.16. The lowest BCUT2D eigenvalue weighted by molar-refractivity contribution is 0.0673. The molecule has 4 nitrogen and oxygen atoms in total. The van der Waals surface area contributed by atoms with Gasteiger partial charge in [0.1, 0.15) is 0 Å². The molecule has 0 spiro atoms. The first kappa shape index (κ1) is 11.1. The van der Waals surface area contributed by atoms with Gasteiger partial charge in [-0.05, 0) is 26.0 Å². The number of nitrogens with one attached hydrogen (secondary N) is 1. The van der Waals surface area contributed by atoms with Crippen LogP contribution in [0.2, 0.25) is 0 Å². The van der Waals surface area contributed by atoms with E-state index in [0.717, 1.165) is 13.1 Å². The maximum atomic E-state index is 12.1. The van der Waals surface area contributed by atoms with Crippen LogP contribution in [-0.2, 0) is 0 Å². The third kappa shape index (κ3) is 2.39. The van der Waals surface area contributed by atoms with Gasteiger partial charge >= 0.3 is 0 Å². The fourth-order valence-electron chi connectivity index (χ4n) is 2.16. The number of pyridine rings is 1. The molecular weight excluding hydrogens is 202 g/mol. The Morgan fingerprint density at radius 2 is 2.12 bits per heavy atom. The van der Waals surface area contributed by atoms with E-state index in [1.165, 1.54) is 0 Å². The zero-order chi connectivity index (χ0) is 11.5. The Balaban J connectivity index is 2.10. The largest absolute Gasteiger partial charge is 0.335 e. The number of rotatable bonds is 1. The van der Waals surface area contributed by atoms with E-state index in [2.05, 4.69) is 24.1 Å². The highest BCUT2D eigenvalue weighted by Crippen LogP contribution is 2.09. The SMILES string of the molecule is CC1CN(C(=O)c2cccnc2)CC(C)N1. The molecule has 0 aliphatic carbocycles. The van der Waals surface area contributed by atoms with Crippen LogP contribution in [-0.4, -0.2) is 41.0 Å². The summed E-state index contributed by atoms with van der Waals surface area (Å²) < 4.78 is 0. The van der Waals surface area contributed by atoms with Gasteiger partial charge in [-0.2, -0.15) is 0 Å². The van der Waals surface area contributed by atoms with Gasteiger partial charge in [0, 0.05) is 37.6 Å². The van der Waals surface area contributed by atoms with E-state index in [-0.39, 0.29) is 5.91 Å². The minimum atomic E-state index is 0.0771. The Morgan fingerprint density at radius 3 is 2.69 bits per heavy atom. The van der Waals surface area contributed by atoms with Crippen LogP contribution in [0.25, 0.3) is 0 Å². The van der Waals surface area contributed by atoms with Crippen molar-refractivity contribution in [2.45, 2.75) is 25.9 Å². The molecule has 1 aromatic rings. The second-order valence-electron chi connectivity index (χ2n) is 4.42. The summed E-state index contributed by atoms with van der Waals surface area (Å²) in [5.41, 5.74) is 0.670. The molecular formula is C12H17N3O. The molecule has 2 atom stereocenters. The van der Waals surface area contributed by atoms with Gasteiger partial charge in [-0.1, -0.05) is 0 Å². The highest BCUT2D eigenvalue weighted by atomic mass is 16.2. The number of nitrogens with zero attached hydrogens (tertiary/aromatic N) is 2. The molecule has 2 rings (SSSR count). The van der Waals surface area contributed by atoms with Gasteiger partial charge in [0.15, 0.2) is 0 Å². The quantitative estimate of drug-likeness (QED) is 0.763. The van der Waals surface area contributed by atoms with Crippen molar-refractivity contribution in [1.29, 1.82) is 0 Å². The number of piperazine rings is 1. The van der Waals surface area contributed by atoms with Gasteiger partial charge in [0.05, 0.1) is 5.56 Å². The predicted molar refractivity (Wildman–Crippen MR) is 62.2 cm³/mol. The lowest BCUT2D eigenvalue weighted by Crippen LogP contribution is -2.55. The van der Waals surface area contributed by atoms with Crippen molar-refractivity contribution in [3.63, 3.8) is 0 Å². The number of carbonyl (C=O) groups is 1. The summed E-state index contributed by atoms with van der Waals surface area (Å²) in [5, 5.41) is 3.41. The Labute approximate surface area is 95.7 Å². The molecule has 16 heavy (non-hydrogen) atoms. The predicted octanol–water partition coefficient (Wildman–Crippen LogP) is 0.904. The molecule has 2 heterocycles. The van der Waals surface area contributed by atoms with Gasteiger partial charge in [0.2, 0.25) is 0 Å². The van der Waals surface area contributed by atoms with E-state index in [0.29, 0.717) is 17.6 Å². The van der Waals surface area contributed by atoms with E-state index in [4.69, 9.17) is 0 Å². The van der Waals surface area contributed by atoms with Gasteiger partial charge in [-0.3, -0.25) is 9.78 Å². The number of hydrogen-bond donors (Lipinski definition) is 1. The Hall–Kier alpha value is -1.42. The summed E-state index contributed by atoms with van der Waals surface area (Å²) in [6, 6.07) is 4.31. The molecule has 1 N–H and O–H groups in total. The average Bonchev–Trinajstić information content (AvgIpc) is 2.28. The van der Waals surface area contributed by atoms with Crippen LogP contribution in [0.5, 0.6) is 0 Å². The lowest BCUT2D eigenvalue weighted by atomic mass is 10.1. The third-order valence-electron chi connectivity index (χ3n) is 2.75. The first-order valence-electron chi connectivity index (χ1n) is 5.62. The first-order valence-corrected chi connectivity index (χ1v) is 5.62. The molecule has 0 radical (unpaired) electrons. The van der Waals surface area contributed by atoms with E-state index in [9.17, 15) is 4.79 Å². The van der Waals surface area contributed by atoms with Crippen LogP contribution in [0.3, 0.4) is 0 Å². The van der Waals surface area contributed by atoms with Crippen LogP contribution in [0.15, 0.2) is 24.5 Å². The topological polar surface area (TPSA) is 45.2 Å². The van der Waals surface area contributed by atoms with Crippen LogP contribution < -0.4 is 5.32 Å². The van der Waals surface area contributed by atoms with Crippen molar-refractivity contribution < 1.29 is 4.79 Å². The summed E-state index contributed by atoms with van der Waals surface area (Å²) in [6.45, 7) is 5.72. The number of aromatic nitrogens is 1. The maximum absolute atomic E-state index is 12.1. The van der Waals surface area contributed by atoms with Gasteiger partial charge in [0.25, 0.3) is 5.91 Å². The third-order valence-corrected chi connectivity index (χ3v) is 2.75. The molecule has 1 aliphatic heterocycles. The molecule has 86 valence electrons. The molecule has 1 aromatic heterocycles. The zero-order valence-electron chi connectivity index (χ0n) is 9.68. The lowest BCUT2D eigenvalue weighted by Gasteiger charge is -2.36. The Morgan fingerprint density at radius 1 is 1.44 bits per heavy atom. The average molecular weight is 219 g/mol. The van der Waals surface area contributed by atoms with Crippen LogP contribution >= 0.6 is 0 Å². The summed E-state index contributed by atoms with van der Waals surface area (Å²) in [4.78, 5) is 18.0. The van der Waals surface area contributed by atoms with Crippen molar-refractivity contribution in [3.8, 4) is 0 Å². The molecule has 1 amide bonds. The Bertz CT molecular complexity index is 356. The van der Waals surface area contributed by atoms with Gasteiger partial charge < -0.3 is 10.2 Å². The number of amides is 1. The fraction of sp³-hybridized carbons (Fsp3) is 0.500. The first-order chi connectivity index (χ1) is 7.66. The van der Waals surface area contributed by atoms with E-state index < -0.39 is 0 Å². The summed E-state index contributed by atoms with van der Waals surface area (Å²) >= 11 is 0. The van der Waals surface area contributed by atoms with Crippen molar-refractivity contribution in [2.75, 3.05) is 13.1 Å². The van der Waals surface area contributed by atoms with Gasteiger partial charge in [-0.15, -0.1) is 0 Å².